The summed E-state index contributed by atoms with van der Waals surface area (Å²) in [4.78, 5) is 4.07. The molecule has 15 heavy (non-hydrogen) atoms. The van der Waals surface area contributed by atoms with Gasteiger partial charge in [-0.25, -0.2) is 0 Å². The zero-order chi connectivity index (χ0) is 10.5. The van der Waals surface area contributed by atoms with Crippen LogP contribution < -0.4 is 0 Å². The van der Waals surface area contributed by atoms with Crippen LogP contribution in [-0.4, -0.2) is 30.4 Å². The first-order valence-electron chi connectivity index (χ1n) is 5.69. The fourth-order valence-electron chi connectivity index (χ4n) is 2.20. The van der Waals surface area contributed by atoms with Crippen LogP contribution in [0.15, 0.2) is 17.5 Å². The molecule has 0 saturated carbocycles. The van der Waals surface area contributed by atoms with Crippen molar-refractivity contribution < 1.29 is 0 Å². The van der Waals surface area contributed by atoms with Gasteiger partial charge >= 0.3 is 0 Å². The van der Waals surface area contributed by atoms with Crippen molar-refractivity contribution in [1.29, 1.82) is 0 Å². The van der Waals surface area contributed by atoms with E-state index in [1.54, 1.807) is 0 Å². The second kappa shape index (κ2) is 5.88. The fraction of sp³-hybridized carbons (Fsp3) is 0.667. The Balaban J connectivity index is 1.74. The number of hydrogen-bond donors (Lipinski definition) is 0. The van der Waals surface area contributed by atoms with Gasteiger partial charge in [0.25, 0.3) is 0 Å². The summed E-state index contributed by atoms with van der Waals surface area (Å²) < 4.78 is 0. The number of rotatable bonds is 4. The summed E-state index contributed by atoms with van der Waals surface area (Å²) in [6, 6.07) is 4.37. The lowest BCUT2D eigenvalue weighted by Gasteiger charge is -2.31. The van der Waals surface area contributed by atoms with E-state index < -0.39 is 0 Å². The lowest BCUT2D eigenvalue weighted by molar-refractivity contribution is 0.188. The minimum absolute atomic E-state index is 0.726. The summed E-state index contributed by atoms with van der Waals surface area (Å²) in [6.45, 7) is 3.67. The molecule has 0 aromatic carbocycles. The summed E-state index contributed by atoms with van der Waals surface area (Å²) in [6.07, 6.45) is 3.84. The van der Waals surface area contributed by atoms with Gasteiger partial charge in [-0.3, -0.25) is 0 Å². The number of hydrogen-bond acceptors (Lipinski definition) is 2. The third-order valence-electron chi connectivity index (χ3n) is 3.08. The highest BCUT2D eigenvalue weighted by Gasteiger charge is 2.18. The van der Waals surface area contributed by atoms with Gasteiger partial charge in [0.2, 0.25) is 0 Å². The van der Waals surface area contributed by atoms with Gasteiger partial charge in [-0.2, -0.15) is 0 Å². The van der Waals surface area contributed by atoms with Gasteiger partial charge in [-0.1, -0.05) is 6.07 Å². The normalized spacial score (nSPS) is 23.1. The Kier molecular flexibility index (Phi) is 4.48. The van der Waals surface area contributed by atoms with Crippen LogP contribution in [0.25, 0.3) is 0 Å². The molecule has 1 fully saturated rings. The molecule has 3 heteroatoms. The van der Waals surface area contributed by atoms with Gasteiger partial charge < -0.3 is 4.90 Å². The third-order valence-corrected chi connectivity index (χ3v) is 4.45. The van der Waals surface area contributed by atoms with Gasteiger partial charge in [0, 0.05) is 23.8 Å². The first kappa shape index (κ1) is 11.4. The lowest BCUT2D eigenvalue weighted by atomic mass is 10.00. The maximum atomic E-state index is 5.92. The molecule has 0 N–H and O–H groups in total. The Morgan fingerprint density at radius 3 is 3.20 bits per heavy atom. The number of piperidine rings is 1. The van der Waals surface area contributed by atoms with Crippen molar-refractivity contribution >= 4 is 22.9 Å². The number of halogens is 1. The van der Waals surface area contributed by atoms with E-state index in [1.807, 2.05) is 11.3 Å². The number of likely N-dealkylation sites (tertiary alicyclic amines) is 1. The zero-order valence-electron chi connectivity index (χ0n) is 8.99. The van der Waals surface area contributed by atoms with Crippen molar-refractivity contribution in [3.63, 3.8) is 0 Å². The Bertz CT molecular complexity index is 273. The second-order valence-corrected chi connectivity index (χ2v) is 5.63. The molecule has 1 aromatic rings. The van der Waals surface area contributed by atoms with Crippen LogP contribution >= 0.6 is 22.9 Å². The largest absolute Gasteiger partial charge is 0.303 e. The Hall–Kier alpha value is -0.0500. The van der Waals surface area contributed by atoms with Crippen molar-refractivity contribution in [2.75, 3.05) is 25.5 Å². The summed E-state index contributed by atoms with van der Waals surface area (Å²) >= 11 is 7.79. The van der Waals surface area contributed by atoms with E-state index in [4.69, 9.17) is 11.6 Å². The van der Waals surface area contributed by atoms with Gasteiger partial charge in [0.1, 0.15) is 0 Å². The van der Waals surface area contributed by atoms with Crippen molar-refractivity contribution in [1.82, 2.24) is 4.90 Å². The second-order valence-electron chi connectivity index (χ2n) is 4.29. The predicted molar refractivity (Wildman–Crippen MR) is 67.9 cm³/mol. The first-order valence-corrected chi connectivity index (χ1v) is 7.10. The average Bonchev–Trinajstić information content (AvgIpc) is 2.79. The third kappa shape index (κ3) is 3.47. The first-order chi connectivity index (χ1) is 7.38. The van der Waals surface area contributed by atoms with E-state index in [1.165, 1.54) is 43.8 Å². The molecule has 2 heterocycles. The summed E-state index contributed by atoms with van der Waals surface area (Å²) in [5, 5.41) is 2.16. The highest BCUT2D eigenvalue weighted by Crippen LogP contribution is 2.18. The molecule has 0 spiro atoms. The Labute approximate surface area is 101 Å². The summed E-state index contributed by atoms with van der Waals surface area (Å²) in [5.74, 6) is 1.55. The smallest absolute Gasteiger partial charge is 0.0263 e. The molecule has 1 aliphatic heterocycles. The van der Waals surface area contributed by atoms with Gasteiger partial charge in [0.05, 0.1) is 0 Å². The number of alkyl halides is 1. The van der Waals surface area contributed by atoms with E-state index in [0.717, 1.165) is 11.8 Å². The Morgan fingerprint density at radius 1 is 1.53 bits per heavy atom. The molecule has 0 bridgehead atoms. The zero-order valence-corrected chi connectivity index (χ0v) is 10.6. The molecule has 0 amide bonds. The van der Waals surface area contributed by atoms with Crippen molar-refractivity contribution in [3.8, 4) is 0 Å². The van der Waals surface area contributed by atoms with Gasteiger partial charge in [-0.05, 0) is 43.2 Å². The molecular formula is C12H18ClNS. The van der Waals surface area contributed by atoms with Crippen molar-refractivity contribution in [2.24, 2.45) is 5.92 Å². The molecule has 1 aliphatic rings. The fourth-order valence-corrected chi connectivity index (χ4v) is 3.15. The maximum absolute atomic E-state index is 5.92. The van der Waals surface area contributed by atoms with Gasteiger partial charge in [-0.15, -0.1) is 22.9 Å². The number of thiophene rings is 1. The van der Waals surface area contributed by atoms with Crippen LogP contribution in [0.3, 0.4) is 0 Å². The van der Waals surface area contributed by atoms with E-state index in [2.05, 4.69) is 22.4 Å². The molecule has 0 aliphatic carbocycles. The monoisotopic (exact) mass is 243 g/mol. The van der Waals surface area contributed by atoms with E-state index in [9.17, 15) is 0 Å². The SMILES string of the molecule is ClCC1CCCN(CCc2cccs2)C1. The maximum Gasteiger partial charge on any atom is 0.0263 e. The van der Waals surface area contributed by atoms with Gasteiger partial charge in [0.15, 0.2) is 0 Å². The molecule has 2 rings (SSSR count). The average molecular weight is 244 g/mol. The van der Waals surface area contributed by atoms with Crippen LogP contribution in [0.5, 0.6) is 0 Å². The van der Waals surface area contributed by atoms with Crippen molar-refractivity contribution in [2.45, 2.75) is 19.3 Å². The van der Waals surface area contributed by atoms with Crippen LogP contribution in [-0.2, 0) is 6.42 Å². The minimum Gasteiger partial charge on any atom is -0.303 e. The van der Waals surface area contributed by atoms with Crippen LogP contribution in [0.1, 0.15) is 17.7 Å². The molecular weight excluding hydrogens is 226 g/mol. The Morgan fingerprint density at radius 2 is 2.47 bits per heavy atom. The topological polar surface area (TPSA) is 3.24 Å². The quantitative estimate of drug-likeness (QED) is 0.734. The van der Waals surface area contributed by atoms with Crippen LogP contribution in [0.2, 0.25) is 0 Å². The molecule has 1 aromatic heterocycles. The highest BCUT2D eigenvalue weighted by atomic mass is 35.5. The summed E-state index contributed by atoms with van der Waals surface area (Å²) in [7, 11) is 0. The predicted octanol–water partition coefficient (Wildman–Crippen LogP) is 3.24. The van der Waals surface area contributed by atoms with E-state index in [0.29, 0.717) is 0 Å². The number of nitrogens with zero attached hydrogens (tertiary/aromatic N) is 1. The van der Waals surface area contributed by atoms with Crippen molar-refractivity contribution in [3.05, 3.63) is 22.4 Å². The minimum atomic E-state index is 0.726. The molecule has 1 nitrogen and oxygen atoms in total. The highest BCUT2D eigenvalue weighted by molar-refractivity contribution is 7.09. The molecule has 1 unspecified atom stereocenters. The van der Waals surface area contributed by atoms with Crippen LogP contribution in [0, 0.1) is 5.92 Å². The molecule has 84 valence electrons. The van der Waals surface area contributed by atoms with Crippen LogP contribution in [0.4, 0.5) is 0 Å². The molecule has 0 radical (unpaired) electrons. The van der Waals surface area contributed by atoms with E-state index >= 15 is 0 Å². The molecule has 1 atom stereocenters. The molecule has 1 saturated heterocycles. The lowest BCUT2D eigenvalue weighted by Crippen LogP contribution is -2.37. The standard InChI is InChI=1S/C12H18ClNS/c13-9-11-3-1-6-14(10-11)7-5-12-4-2-8-15-12/h2,4,8,11H,1,3,5-7,9-10H2. The van der Waals surface area contributed by atoms with E-state index in [-0.39, 0.29) is 0 Å². The summed E-state index contributed by atoms with van der Waals surface area (Å²) in [5.41, 5.74) is 0.